The van der Waals surface area contributed by atoms with Crippen LogP contribution in [0.3, 0.4) is 0 Å². The summed E-state index contributed by atoms with van der Waals surface area (Å²) in [4.78, 5) is 11.8. The number of halogens is 2. The standard InChI is InChI=1S/C16H11Cl2N3O4S/c17-11-1-6-14(18)15(7-11)20-9-10(8-19)16(22)21-12-2-4-13(5-3-12)26(23,24)25/h1-7,9,20H,(H,21,22)(H,23,24,25)/b10-9-. The Morgan fingerprint density at radius 2 is 1.81 bits per heavy atom. The number of nitriles is 1. The van der Waals surface area contributed by atoms with Gasteiger partial charge in [0.25, 0.3) is 16.0 Å². The highest BCUT2D eigenvalue weighted by Crippen LogP contribution is 2.25. The quantitative estimate of drug-likeness (QED) is 0.391. The second-order valence-corrected chi connectivity index (χ2v) is 7.16. The second-order valence-electron chi connectivity index (χ2n) is 4.89. The fourth-order valence-electron chi connectivity index (χ4n) is 1.82. The number of nitrogens with zero attached hydrogens (tertiary/aromatic N) is 1. The Bertz CT molecular complexity index is 1010. The number of nitrogens with one attached hydrogen (secondary N) is 2. The highest BCUT2D eigenvalue weighted by atomic mass is 35.5. The summed E-state index contributed by atoms with van der Waals surface area (Å²) in [6.07, 6.45) is 1.17. The lowest BCUT2D eigenvalue weighted by Crippen LogP contribution is -2.14. The summed E-state index contributed by atoms with van der Waals surface area (Å²) in [5, 5.41) is 15.1. The monoisotopic (exact) mass is 411 g/mol. The first-order chi connectivity index (χ1) is 12.2. The van der Waals surface area contributed by atoms with E-state index >= 15 is 0 Å². The first-order valence-electron chi connectivity index (χ1n) is 6.91. The molecule has 2 rings (SSSR count). The van der Waals surface area contributed by atoms with Gasteiger partial charge < -0.3 is 10.6 Å². The minimum absolute atomic E-state index is 0.240. The van der Waals surface area contributed by atoms with Gasteiger partial charge in [0.15, 0.2) is 0 Å². The largest absolute Gasteiger partial charge is 0.359 e. The molecule has 7 nitrogen and oxygen atoms in total. The molecule has 0 fully saturated rings. The molecule has 0 saturated carbocycles. The van der Waals surface area contributed by atoms with E-state index in [0.717, 1.165) is 12.1 Å². The van der Waals surface area contributed by atoms with E-state index in [1.54, 1.807) is 18.2 Å². The Morgan fingerprint density at radius 1 is 1.15 bits per heavy atom. The van der Waals surface area contributed by atoms with Gasteiger partial charge in [-0.2, -0.15) is 13.7 Å². The first kappa shape index (κ1) is 19.8. The Labute approximate surface area is 159 Å². The summed E-state index contributed by atoms with van der Waals surface area (Å²) < 4.78 is 30.9. The van der Waals surface area contributed by atoms with Crippen LogP contribution in [0.15, 0.2) is 59.1 Å². The normalized spacial score (nSPS) is 11.5. The van der Waals surface area contributed by atoms with E-state index in [9.17, 15) is 13.2 Å². The van der Waals surface area contributed by atoms with Crippen LogP contribution in [-0.4, -0.2) is 18.9 Å². The summed E-state index contributed by atoms with van der Waals surface area (Å²) >= 11 is 11.8. The summed E-state index contributed by atoms with van der Waals surface area (Å²) in [7, 11) is -4.33. The first-order valence-corrected chi connectivity index (χ1v) is 9.11. The van der Waals surface area contributed by atoms with Gasteiger partial charge in [0, 0.05) is 16.9 Å². The predicted molar refractivity (Wildman–Crippen MR) is 98.7 cm³/mol. The molecule has 3 N–H and O–H groups in total. The molecule has 0 saturated heterocycles. The molecule has 0 atom stereocenters. The number of rotatable bonds is 5. The van der Waals surface area contributed by atoms with Gasteiger partial charge in [-0.3, -0.25) is 9.35 Å². The maximum atomic E-state index is 12.1. The van der Waals surface area contributed by atoms with E-state index in [2.05, 4.69) is 10.6 Å². The molecule has 0 unspecified atom stereocenters. The average Bonchev–Trinajstić information content (AvgIpc) is 2.58. The molecule has 0 spiro atoms. The topological polar surface area (TPSA) is 119 Å². The third-order valence-corrected chi connectivity index (χ3v) is 4.51. The van der Waals surface area contributed by atoms with Gasteiger partial charge in [-0.15, -0.1) is 0 Å². The molecule has 0 aromatic heterocycles. The van der Waals surface area contributed by atoms with Gasteiger partial charge in [0.1, 0.15) is 11.6 Å². The minimum Gasteiger partial charge on any atom is -0.359 e. The zero-order chi connectivity index (χ0) is 19.3. The number of anilines is 2. The second kappa shape index (κ2) is 8.21. The van der Waals surface area contributed by atoms with E-state index in [4.69, 9.17) is 33.0 Å². The maximum absolute atomic E-state index is 12.1. The molecule has 0 radical (unpaired) electrons. The van der Waals surface area contributed by atoms with Gasteiger partial charge in [-0.05, 0) is 42.5 Å². The highest BCUT2D eigenvalue weighted by Gasteiger charge is 2.12. The predicted octanol–water partition coefficient (Wildman–Crippen LogP) is 3.70. The van der Waals surface area contributed by atoms with Gasteiger partial charge in [0.05, 0.1) is 15.6 Å². The lowest BCUT2D eigenvalue weighted by atomic mass is 10.2. The van der Waals surface area contributed by atoms with Crippen molar-refractivity contribution in [1.29, 1.82) is 5.26 Å². The molecule has 10 heteroatoms. The molecule has 0 heterocycles. The molecule has 0 bridgehead atoms. The van der Waals surface area contributed by atoms with E-state index in [1.807, 2.05) is 0 Å². The Morgan fingerprint density at radius 3 is 2.38 bits per heavy atom. The number of carbonyl (C=O) groups excluding carboxylic acids is 1. The van der Waals surface area contributed by atoms with Crippen molar-refractivity contribution in [3.63, 3.8) is 0 Å². The van der Waals surface area contributed by atoms with Crippen molar-refractivity contribution in [2.75, 3.05) is 10.6 Å². The molecule has 2 aromatic carbocycles. The van der Waals surface area contributed by atoms with Crippen LogP contribution in [0.25, 0.3) is 0 Å². The fourth-order valence-corrected chi connectivity index (χ4v) is 2.64. The molecule has 0 aliphatic carbocycles. The van der Waals surface area contributed by atoms with Crippen LogP contribution in [0.2, 0.25) is 10.0 Å². The smallest absolute Gasteiger partial charge is 0.294 e. The molecule has 26 heavy (non-hydrogen) atoms. The zero-order valence-electron chi connectivity index (χ0n) is 12.9. The Kier molecular flexibility index (Phi) is 6.23. The summed E-state index contributed by atoms with van der Waals surface area (Å²) in [6.45, 7) is 0. The number of benzene rings is 2. The van der Waals surface area contributed by atoms with Crippen LogP contribution >= 0.6 is 23.2 Å². The minimum atomic E-state index is -4.33. The third kappa shape index (κ3) is 5.21. The molecule has 1 amide bonds. The van der Waals surface area contributed by atoms with E-state index in [-0.39, 0.29) is 16.2 Å². The van der Waals surface area contributed by atoms with Crippen LogP contribution < -0.4 is 10.6 Å². The van der Waals surface area contributed by atoms with Crippen LogP contribution in [0.1, 0.15) is 0 Å². The van der Waals surface area contributed by atoms with Gasteiger partial charge in [-0.1, -0.05) is 23.2 Å². The molecule has 0 aliphatic rings. The lowest BCUT2D eigenvalue weighted by Gasteiger charge is -2.07. The van der Waals surface area contributed by atoms with Gasteiger partial charge >= 0.3 is 0 Å². The average molecular weight is 412 g/mol. The van der Waals surface area contributed by atoms with Crippen molar-refractivity contribution in [1.82, 2.24) is 0 Å². The Balaban J connectivity index is 2.13. The van der Waals surface area contributed by atoms with Crippen LogP contribution in [-0.2, 0) is 14.9 Å². The molecule has 134 valence electrons. The molecule has 0 aliphatic heterocycles. The van der Waals surface area contributed by atoms with Crippen molar-refractivity contribution >= 4 is 50.6 Å². The molecular formula is C16H11Cl2N3O4S. The highest BCUT2D eigenvalue weighted by molar-refractivity contribution is 7.85. The van der Waals surface area contributed by atoms with Crippen molar-refractivity contribution in [2.45, 2.75) is 4.90 Å². The van der Waals surface area contributed by atoms with Crippen LogP contribution in [0.5, 0.6) is 0 Å². The van der Waals surface area contributed by atoms with Crippen molar-refractivity contribution < 1.29 is 17.8 Å². The van der Waals surface area contributed by atoms with E-state index in [0.29, 0.717) is 15.7 Å². The SMILES string of the molecule is N#C/C(=C/Nc1cc(Cl)ccc1Cl)C(=O)Nc1ccc(S(=O)(=O)O)cc1. The zero-order valence-corrected chi connectivity index (χ0v) is 15.2. The lowest BCUT2D eigenvalue weighted by molar-refractivity contribution is -0.112. The fraction of sp³-hybridized carbons (Fsp3) is 0. The molecular weight excluding hydrogens is 401 g/mol. The van der Waals surface area contributed by atoms with Crippen LogP contribution in [0.4, 0.5) is 11.4 Å². The number of carbonyl (C=O) groups is 1. The summed E-state index contributed by atoms with van der Waals surface area (Å²) in [5.74, 6) is -0.724. The summed E-state index contributed by atoms with van der Waals surface area (Å²) in [6, 6.07) is 11.2. The van der Waals surface area contributed by atoms with Crippen LogP contribution in [0, 0.1) is 11.3 Å². The number of hydrogen-bond donors (Lipinski definition) is 3. The van der Waals surface area contributed by atoms with Crippen molar-refractivity contribution in [2.24, 2.45) is 0 Å². The molecule has 2 aromatic rings. The number of amides is 1. The maximum Gasteiger partial charge on any atom is 0.294 e. The Hall–Kier alpha value is -2.57. The van der Waals surface area contributed by atoms with Gasteiger partial charge in [-0.25, -0.2) is 0 Å². The third-order valence-electron chi connectivity index (χ3n) is 3.08. The van der Waals surface area contributed by atoms with Gasteiger partial charge in [0.2, 0.25) is 0 Å². The summed E-state index contributed by atoms with van der Waals surface area (Å²) in [5.41, 5.74) is 0.404. The van der Waals surface area contributed by atoms with Crippen molar-refractivity contribution in [3.8, 4) is 6.07 Å². The van der Waals surface area contributed by atoms with Crippen molar-refractivity contribution in [3.05, 3.63) is 64.3 Å². The number of hydrogen-bond acceptors (Lipinski definition) is 5. The van der Waals surface area contributed by atoms with E-state index in [1.165, 1.54) is 24.4 Å². The van der Waals surface area contributed by atoms with E-state index < -0.39 is 16.0 Å².